The van der Waals surface area contributed by atoms with E-state index in [4.69, 9.17) is 10.9 Å². The van der Waals surface area contributed by atoms with Gasteiger partial charge in [0.05, 0.1) is 0 Å². The molecule has 106 valence electrons. The highest BCUT2D eigenvalue weighted by molar-refractivity contribution is 7.10. The molecule has 0 aliphatic carbocycles. The molecule has 0 aliphatic heterocycles. The van der Waals surface area contributed by atoms with Gasteiger partial charge in [-0.15, -0.1) is 11.3 Å². The Kier molecular flexibility index (Phi) is 4.70. The summed E-state index contributed by atoms with van der Waals surface area (Å²) < 4.78 is 13.9. The van der Waals surface area contributed by atoms with Gasteiger partial charge in [-0.05, 0) is 24.4 Å². The van der Waals surface area contributed by atoms with E-state index in [1.54, 1.807) is 23.5 Å². The minimum atomic E-state index is -0.375. The van der Waals surface area contributed by atoms with Crippen LogP contribution in [0.15, 0.2) is 40.9 Å². The van der Waals surface area contributed by atoms with Crippen molar-refractivity contribution in [3.63, 3.8) is 0 Å². The highest BCUT2D eigenvalue weighted by Gasteiger charge is 2.09. The number of nitrogens with zero attached hydrogens (tertiary/aromatic N) is 1. The first-order chi connectivity index (χ1) is 9.61. The molecular weight excluding hydrogens is 277 g/mol. The summed E-state index contributed by atoms with van der Waals surface area (Å²) in [4.78, 5) is 1.21. The molecule has 2 rings (SSSR count). The van der Waals surface area contributed by atoms with E-state index in [0.717, 1.165) is 0 Å². The summed E-state index contributed by atoms with van der Waals surface area (Å²) >= 11 is 1.66. The molecule has 4 nitrogen and oxygen atoms in total. The maximum atomic E-state index is 13.9. The van der Waals surface area contributed by atoms with Crippen molar-refractivity contribution in [2.45, 2.75) is 19.5 Å². The number of rotatable bonds is 5. The second kappa shape index (κ2) is 6.49. The topological polar surface area (TPSA) is 70.6 Å². The minimum Gasteiger partial charge on any atom is -0.409 e. The summed E-state index contributed by atoms with van der Waals surface area (Å²) in [6.07, 6.45) is 0. The minimum absolute atomic E-state index is 0.102. The van der Waals surface area contributed by atoms with Crippen molar-refractivity contribution in [3.05, 3.63) is 57.5 Å². The standard InChI is InChI=1S/C14H16FN3OS/c1-9(13-3-2-6-20-13)17-8-11-5-4-10(7-12(11)15)14(16)18-19/h2-7,9,17,19H,8H2,1H3,(H2,16,18). The molecule has 0 saturated carbocycles. The molecule has 0 fully saturated rings. The van der Waals surface area contributed by atoms with Crippen LogP contribution in [0.4, 0.5) is 4.39 Å². The Morgan fingerprint density at radius 1 is 1.50 bits per heavy atom. The Balaban J connectivity index is 2.03. The molecule has 4 N–H and O–H groups in total. The number of halogens is 1. The lowest BCUT2D eigenvalue weighted by atomic mass is 10.1. The van der Waals surface area contributed by atoms with Gasteiger partial charge in [-0.25, -0.2) is 4.39 Å². The van der Waals surface area contributed by atoms with E-state index >= 15 is 0 Å². The molecule has 1 unspecified atom stereocenters. The summed E-state index contributed by atoms with van der Waals surface area (Å²) in [6.45, 7) is 2.45. The predicted octanol–water partition coefficient (Wildman–Crippen LogP) is 2.83. The number of hydrogen-bond donors (Lipinski definition) is 3. The Morgan fingerprint density at radius 2 is 2.30 bits per heavy atom. The maximum Gasteiger partial charge on any atom is 0.170 e. The number of hydrogen-bond acceptors (Lipinski definition) is 4. The fraction of sp³-hybridized carbons (Fsp3) is 0.214. The average Bonchev–Trinajstić information content (AvgIpc) is 2.99. The third-order valence-corrected chi connectivity index (χ3v) is 4.08. The van der Waals surface area contributed by atoms with Gasteiger partial charge >= 0.3 is 0 Å². The van der Waals surface area contributed by atoms with Gasteiger partial charge in [0, 0.05) is 28.6 Å². The van der Waals surface area contributed by atoms with Crippen LogP contribution in [0.1, 0.15) is 29.0 Å². The third kappa shape index (κ3) is 3.34. The summed E-state index contributed by atoms with van der Waals surface area (Å²) in [7, 11) is 0. The summed E-state index contributed by atoms with van der Waals surface area (Å²) in [5.74, 6) is -0.477. The Bertz CT molecular complexity index is 598. The molecule has 0 bridgehead atoms. The van der Waals surface area contributed by atoms with E-state index < -0.39 is 0 Å². The zero-order valence-corrected chi connectivity index (χ0v) is 11.8. The second-order valence-electron chi connectivity index (χ2n) is 4.41. The molecule has 0 radical (unpaired) electrons. The molecule has 1 aromatic heterocycles. The van der Waals surface area contributed by atoms with Gasteiger partial charge < -0.3 is 16.3 Å². The maximum absolute atomic E-state index is 13.9. The Labute approximate surface area is 120 Å². The number of nitrogens with two attached hydrogens (primary N) is 1. The zero-order valence-electron chi connectivity index (χ0n) is 11.0. The fourth-order valence-electron chi connectivity index (χ4n) is 1.81. The molecule has 0 saturated heterocycles. The second-order valence-corrected chi connectivity index (χ2v) is 5.39. The fourth-order valence-corrected chi connectivity index (χ4v) is 2.57. The van der Waals surface area contributed by atoms with Gasteiger partial charge in [-0.2, -0.15) is 0 Å². The van der Waals surface area contributed by atoms with Crippen molar-refractivity contribution in [3.8, 4) is 0 Å². The van der Waals surface area contributed by atoms with E-state index in [2.05, 4.69) is 10.5 Å². The van der Waals surface area contributed by atoms with E-state index in [9.17, 15) is 4.39 Å². The molecule has 2 aromatic rings. The van der Waals surface area contributed by atoms with Crippen LogP contribution in [0.2, 0.25) is 0 Å². The van der Waals surface area contributed by atoms with E-state index in [-0.39, 0.29) is 17.7 Å². The van der Waals surface area contributed by atoms with Gasteiger partial charge in [0.2, 0.25) is 0 Å². The van der Waals surface area contributed by atoms with Crippen LogP contribution >= 0.6 is 11.3 Å². The molecular formula is C14H16FN3OS. The van der Waals surface area contributed by atoms with E-state index in [0.29, 0.717) is 17.7 Å². The van der Waals surface area contributed by atoms with Crippen molar-refractivity contribution in [2.24, 2.45) is 10.9 Å². The van der Waals surface area contributed by atoms with Gasteiger partial charge in [0.15, 0.2) is 5.84 Å². The highest BCUT2D eigenvalue weighted by atomic mass is 32.1. The van der Waals surface area contributed by atoms with Gasteiger partial charge in [0.25, 0.3) is 0 Å². The smallest absolute Gasteiger partial charge is 0.170 e. The monoisotopic (exact) mass is 293 g/mol. The van der Waals surface area contributed by atoms with Crippen molar-refractivity contribution in [1.29, 1.82) is 0 Å². The normalized spacial score (nSPS) is 13.4. The van der Waals surface area contributed by atoms with E-state index in [1.165, 1.54) is 10.9 Å². The van der Waals surface area contributed by atoms with Crippen LogP contribution in [-0.4, -0.2) is 11.0 Å². The molecule has 6 heteroatoms. The summed E-state index contributed by atoms with van der Waals surface area (Å²) in [6, 6.07) is 8.73. The molecule has 1 heterocycles. The first-order valence-corrected chi connectivity index (χ1v) is 7.03. The van der Waals surface area contributed by atoms with Crippen LogP contribution in [0.25, 0.3) is 0 Å². The van der Waals surface area contributed by atoms with Crippen molar-refractivity contribution < 1.29 is 9.60 Å². The van der Waals surface area contributed by atoms with Gasteiger partial charge in [-0.1, -0.05) is 23.4 Å². The molecule has 0 amide bonds. The number of nitrogens with one attached hydrogen (secondary N) is 1. The number of amidine groups is 1. The Hall–Kier alpha value is -1.92. The molecule has 0 aliphatic rings. The number of thiophene rings is 1. The lowest BCUT2D eigenvalue weighted by Crippen LogP contribution is -2.19. The van der Waals surface area contributed by atoms with Crippen molar-refractivity contribution in [2.75, 3.05) is 0 Å². The van der Waals surface area contributed by atoms with Crippen LogP contribution in [0.5, 0.6) is 0 Å². The third-order valence-electron chi connectivity index (χ3n) is 3.03. The van der Waals surface area contributed by atoms with Crippen molar-refractivity contribution in [1.82, 2.24) is 5.32 Å². The first-order valence-electron chi connectivity index (χ1n) is 6.15. The summed E-state index contributed by atoms with van der Waals surface area (Å²) in [5, 5.41) is 16.7. The highest BCUT2D eigenvalue weighted by Crippen LogP contribution is 2.19. The van der Waals surface area contributed by atoms with Gasteiger partial charge in [0.1, 0.15) is 5.82 Å². The number of benzene rings is 1. The van der Waals surface area contributed by atoms with Crippen LogP contribution in [-0.2, 0) is 6.54 Å². The lowest BCUT2D eigenvalue weighted by molar-refractivity contribution is 0.318. The molecule has 0 spiro atoms. The summed E-state index contributed by atoms with van der Waals surface area (Å²) in [5.41, 5.74) is 6.32. The predicted molar refractivity (Wildman–Crippen MR) is 78.5 cm³/mol. The van der Waals surface area contributed by atoms with Crippen LogP contribution in [0, 0.1) is 5.82 Å². The van der Waals surface area contributed by atoms with Crippen LogP contribution in [0.3, 0.4) is 0 Å². The lowest BCUT2D eigenvalue weighted by Gasteiger charge is -2.13. The van der Waals surface area contributed by atoms with Crippen molar-refractivity contribution >= 4 is 17.2 Å². The molecule has 1 atom stereocenters. The zero-order chi connectivity index (χ0) is 14.5. The first kappa shape index (κ1) is 14.5. The van der Waals surface area contributed by atoms with Crippen LogP contribution < -0.4 is 11.1 Å². The quantitative estimate of drug-likeness (QED) is 0.343. The SMILES string of the molecule is CC(NCc1ccc(C(N)=NO)cc1F)c1cccs1. The Morgan fingerprint density at radius 3 is 2.90 bits per heavy atom. The molecule has 20 heavy (non-hydrogen) atoms. The molecule has 1 aromatic carbocycles. The largest absolute Gasteiger partial charge is 0.409 e. The number of oxime groups is 1. The van der Waals surface area contributed by atoms with Gasteiger partial charge in [-0.3, -0.25) is 0 Å². The van der Waals surface area contributed by atoms with E-state index in [1.807, 2.05) is 24.4 Å². The average molecular weight is 293 g/mol.